The molecule has 0 saturated carbocycles. The van der Waals surface area contributed by atoms with Crippen molar-refractivity contribution < 1.29 is 55.7 Å². The molecule has 0 aliphatic carbocycles. The van der Waals surface area contributed by atoms with Crippen LogP contribution in [0.3, 0.4) is 0 Å². The zero-order valence-electron chi connectivity index (χ0n) is 26.8. The van der Waals surface area contributed by atoms with Gasteiger partial charge in [-0.1, -0.05) is 11.6 Å². The molecule has 16 nitrogen and oxygen atoms in total. The second-order valence-electron chi connectivity index (χ2n) is 11.2. The highest BCUT2D eigenvalue weighted by molar-refractivity contribution is 6.32. The van der Waals surface area contributed by atoms with Crippen molar-refractivity contribution in [3.8, 4) is 0 Å². The molecule has 0 spiro atoms. The van der Waals surface area contributed by atoms with Crippen LogP contribution in [0.25, 0.3) is 0 Å². The molecule has 3 aromatic heterocycles. The third-order valence-electron chi connectivity index (χ3n) is 7.27. The number of alkyl halides is 6. The van der Waals surface area contributed by atoms with E-state index in [4.69, 9.17) is 31.4 Å². The lowest BCUT2D eigenvalue weighted by Gasteiger charge is -2.16. The van der Waals surface area contributed by atoms with Crippen LogP contribution in [0, 0.1) is 5.92 Å². The number of likely N-dealkylation sites (tertiary alicyclic amines) is 1. The summed E-state index contributed by atoms with van der Waals surface area (Å²) in [4.78, 5) is 62.1. The van der Waals surface area contributed by atoms with E-state index in [9.17, 15) is 35.9 Å². The molecule has 4 aromatic rings. The van der Waals surface area contributed by atoms with Gasteiger partial charge in [0.25, 0.3) is 5.91 Å². The van der Waals surface area contributed by atoms with Crippen LogP contribution in [0.15, 0.2) is 49.2 Å². The predicted molar refractivity (Wildman–Crippen MR) is 173 cm³/mol. The van der Waals surface area contributed by atoms with Crippen LogP contribution < -0.4 is 16.0 Å². The van der Waals surface area contributed by atoms with E-state index < -0.39 is 24.3 Å². The SMILES string of the molecule is O=C(C[C@@H]1CCN(C(=O)c2ncn[nH]2)C1)Nc1ccc2cc1CCc1cncc(c1)Nc1ncc(Cl)c(n1)N2.O=C(O)C(F)(F)F.O=C(O)C(F)(F)F. The smallest absolute Gasteiger partial charge is 0.475 e. The van der Waals surface area contributed by atoms with E-state index in [2.05, 4.69) is 46.1 Å². The lowest BCUT2D eigenvalue weighted by atomic mass is 10.0. The van der Waals surface area contributed by atoms with Crippen molar-refractivity contribution in [2.45, 2.75) is 38.0 Å². The molecule has 282 valence electrons. The number of nitrogens with one attached hydrogen (secondary N) is 4. The van der Waals surface area contributed by atoms with Crippen molar-refractivity contribution >= 4 is 64.2 Å². The molecule has 6 bridgehead atoms. The van der Waals surface area contributed by atoms with Crippen molar-refractivity contribution in [1.29, 1.82) is 0 Å². The molecule has 0 radical (unpaired) electrons. The minimum absolute atomic E-state index is 0.0679. The molecule has 2 amide bonds. The Morgan fingerprint density at radius 1 is 0.925 bits per heavy atom. The number of aliphatic carboxylic acids is 2. The van der Waals surface area contributed by atoms with E-state index in [-0.39, 0.29) is 23.6 Å². The number of hydrogen-bond acceptors (Lipinski definition) is 11. The number of aromatic amines is 1. The molecule has 1 aromatic carbocycles. The standard InChI is InChI=1S/C26H25ClN10O2.2C2HF3O2/c27-20-12-29-26-33-19-7-15(10-28-11-19)1-2-17-9-18(32-23(20)35-26)3-4-21(17)34-22(38)8-16-5-6-37(13-16)25(39)24-30-14-31-36-24;2*3-2(4,5)1(6)7/h3-4,7,9-12,14,16H,1-2,5-6,8,13H2,(H,34,38)(H,30,31,36)(H2,29,32,33,35);2*(H,6,7)/t16-;;/m0../s1. The van der Waals surface area contributed by atoms with Gasteiger partial charge in [-0.3, -0.25) is 19.7 Å². The Morgan fingerprint density at radius 3 is 2.26 bits per heavy atom. The van der Waals surface area contributed by atoms with Gasteiger partial charge in [0.05, 0.1) is 18.1 Å². The van der Waals surface area contributed by atoms with Crippen molar-refractivity contribution in [2.75, 3.05) is 29.0 Å². The zero-order chi connectivity index (χ0) is 38.9. The van der Waals surface area contributed by atoms with Gasteiger partial charge in [-0.15, -0.1) is 0 Å². The summed E-state index contributed by atoms with van der Waals surface area (Å²) in [6, 6.07) is 7.75. The van der Waals surface area contributed by atoms with Crippen LogP contribution in [0.4, 0.5) is 55.2 Å². The molecule has 6 rings (SSSR count). The number of carbonyl (C=O) groups is 4. The number of benzene rings is 1. The fourth-order valence-electron chi connectivity index (χ4n) is 4.86. The minimum Gasteiger partial charge on any atom is -0.475 e. The summed E-state index contributed by atoms with van der Waals surface area (Å²) in [5.74, 6) is -4.66. The maximum atomic E-state index is 13.1. The normalized spacial score (nSPS) is 14.9. The largest absolute Gasteiger partial charge is 0.490 e. The first-order valence-electron chi connectivity index (χ1n) is 15.1. The third kappa shape index (κ3) is 11.7. The summed E-state index contributed by atoms with van der Waals surface area (Å²) < 4.78 is 63.5. The average Bonchev–Trinajstić information content (AvgIpc) is 3.79. The average molecular weight is 773 g/mol. The van der Waals surface area contributed by atoms with Gasteiger partial charge >= 0.3 is 24.3 Å². The number of amides is 2. The molecular weight excluding hydrogens is 746 g/mol. The van der Waals surface area contributed by atoms with Gasteiger partial charge in [-0.2, -0.15) is 36.4 Å². The number of carboxylic acids is 2. The monoisotopic (exact) mass is 772 g/mol. The Hall–Kier alpha value is -6.06. The highest BCUT2D eigenvalue weighted by Gasteiger charge is 2.39. The molecule has 1 saturated heterocycles. The molecule has 6 N–H and O–H groups in total. The Kier molecular flexibility index (Phi) is 12.7. The summed E-state index contributed by atoms with van der Waals surface area (Å²) >= 11 is 6.36. The number of H-pyrrole nitrogens is 1. The summed E-state index contributed by atoms with van der Waals surface area (Å²) in [5, 5.41) is 30.5. The number of halogens is 7. The van der Waals surface area contributed by atoms with Crippen LogP contribution in [-0.2, 0) is 27.2 Å². The van der Waals surface area contributed by atoms with Gasteiger partial charge < -0.3 is 31.1 Å². The number of carboxylic acid groups (broad SMARTS) is 2. The molecule has 1 fully saturated rings. The molecule has 2 aliphatic rings. The first-order chi connectivity index (χ1) is 24.9. The topological polar surface area (TPSA) is 228 Å². The van der Waals surface area contributed by atoms with Gasteiger partial charge in [0.15, 0.2) is 5.82 Å². The Bertz CT molecular complexity index is 1920. The van der Waals surface area contributed by atoms with Crippen LogP contribution >= 0.6 is 11.6 Å². The molecule has 0 unspecified atom stereocenters. The Labute approximate surface area is 299 Å². The fraction of sp³-hybridized carbons (Fsp3) is 0.300. The first-order valence-corrected chi connectivity index (χ1v) is 15.4. The number of aryl methyl sites for hydroxylation is 2. The number of anilines is 5. The number of pyridine rings is 1. The van der Waals surface area contributed by atoms with Crippen LogP contribution in [0.2, 0.25) is 5.02 Å². The van der Waals surface area contributed by atoms with Crippen LogP contribution in [0.5, 0.6) is 0 Å². The van der Waals surface area contributed by atoms with E-state index in [1.807, 2.05) is 30.5 Å². The number of rotatable bonds is 4. The molecule has 2 aliphatic heterocycles. The van der Waals surface area contributed by atoms with E-state index in [0.29, 0.717) is 42.7 Å². The number of carbonyl (C=O) groups excluding carboxylic acids is 2. The lowest BCUT2D eigenvalue weighted by molar-refractivity contribution is -0.193. The van der Waals surface area contributed by atoms with Gasteiger partial charge in [0.1, 0.15) is 11.3 Å². The zero-order valence-corrected chi connectivity index (χ0v) is 27.6. The van der Waals surface area contributed by atoms with E-state index in [1.165, 1.54) is 12.5 Å². The third-order valence-corrected chi connectivity index (χ3v) is 7.55. The van der Waals surface area contributed by atoms with Crippen molar-refractivity contribution in [2.24, 2.45) is 5.92 Å². The fourth-order valence-corrected chi connectivity index (χ4v) is 5.00. The maximum absolute atomic E-state index is 13.1. The van der Waals surface area contributed by atoms with Crippen LogP contribution in [0.1, 0.15) is 34.6 Å². The second-order valence-corrected chi connectivity index (χ2v) is 11.6. The number of aromatic nitrogens is 6. The van der Waals surface area contributed by atoms with Gasteiger partial charge in [-0.05, 0) is 60.6 Å². The minimum atomic E-state index is -5.08. The predicted octanol–water partition coefficient (Wildman–Crippen LogP) is 4.99. The number of fused-ring (bicyclic) bond motifs is 6. The van der Waals surface area contributed by atoms with Crippen molar-refractivity contribution in [1.82, 2.24) is 35.0 Å². The molecule has 23 heteroatoms. The molecule has 5 heterocycles. The molecule has 53 heavy (non-hydrogen) atoms. The van der Waals surface area contributed by atoms with E-state index in [0.717, 1.165) is 41.0 Å². The summed E-state index contributed by atoms with van der Waals surface area (Å²) in [7, 11) is 0. The highest BCUT2D eigenvalue weighted by atomic mass is 35.5. The Morgan fingerprint density at radius 2 is 1.62 bits per heavy atom. The molecule has 1 atom stereocenters. The van der Waals surface area contributed by atoms with Crippen LogP contribution in [-0.4, -0.2) is 94.4 Å². The summed E-state index contributed by atoms with van der Waals surface area (Å²) in [6.07, 6.45) is -1.32. The van der Waals surface area contributed by atoms with E-state index in [1.54, 1.807) is 11.1 Å². The van der Waals surface area contributed by atoms with Gasteiger partial charge in [-0.25, -0.2) is 19.6 Å². The molecular formula is C30H27ClF6N10O6. The Balaban J connectivity index is 0.000000381. The van der Waals surface area contributed by atoms with Crippen molar-refractivity contribution in [3.63, 3.8) is 0 Å². The highest BCUT2D eigenvalue weighted by Crippen LogP contribution is 2.30. The quantitative estimate of drug-likeness (QED) is 0.151. The van der Waals surface area contributed by atoms with Crippen molar-refractivity contribution in [3.05, 3.63) is 71.2 Å². The number of hydrogen-bond donors (Lipinski definition) is 6. The number of nitrogens with zero attached hydrogens (tertiary/aromatic N) is 6. The first kappa shape index (κ1) is 39.7. The maximum Gasteiger partial charge on any atom is 0.490 e. The van der Waals surface area contributed by atoms with Gasteiger partial charge in [0, 0.05) is 37.1 Å². The summed E-state index contributed by atoms with van der Waals surface area (Å²) in [6.45, 7) is 1.08. The summed E-state index contributed by atoms with van der Waals surface area (Å²) in [5.41, 5.74) is 4.30. The second kappa shape index (κ2) is 17.0. The lowest BCUT2D eigenvalue weighted by Crippen LogP contribution is -2.30. The van der Waals surface area contributed by atoms with E-state index >= 15 is 0 Å². The van der Waals surface area contributed by atoms with Gasteiger partial charge in [0.2, 0.25) is 17.7 Å².